The molecule has 1 aromatic heterocycles. The molecule has 3 rings (SSSR count). The molecule has 29 heavy (non-hydrogen) atoms. The standard InChI is InChI=1S/C21H17N5O3/c1-13-11-18(19(27)24-16-9-7-14(8-10-16)20(28)29-2)26-21(23-13)25-17-6-4-3-5-15(17)12-22/h3-11H,1-2H3,(H,24,27)(H,23,25,26). The van der Waals surface area contributed by atoms with Crippen molar-refractivity contribution in [2.45, 2.75) is 6.92 Å². The molecule has 0 radical (unpaired) electrons. The van der Waals surface area contributed by atoms with Crippen molar-refractivity contribution < 1.29 is 14.3 Å². The predicted octanol–water partition coefficient (Wildman–Crippen LogP) is 3.44. The van der Waals surface area contributed by atoms with Crippen molar-refractivity contribution in [3.8, 4) is 6.07 Å². The lowest BCUT2D eigenvalue weighted by molar-refractivity contribution is 0.0600. The van der Waals surface area contributed by atoms with Gasteiger partial charge in [0.15, 0.2) is 0 Å². The van der Waals surface area contributed by atoms with E-state index < -0.39 is 11.9 Å². The molecule has 8 nitrogen and oxygen atoms in total. The fraction of sp³-hybridized carbons (Fsp3) is 0.0952. The number of anilines is 3. The molecule has 1 heterocycles. The van der Waals surface area contributed by atoms with Crippen LogP contribution in [0, 0.1) is 18.3 Å². The Morgan fingerprint density at radius 2 is 1.79 bits per heavy atom. The Balaban J connectivity index is 1.79. The lowest BCUT2D eigenvalue weighted by Gasteiger charge is -2.10. The van der Waals surface area contributed by atoms with Gasteiger partial charge in [0.05, 0.1) is 23.9 Å². The van der Waals surface area contributed by atoms with Gasteiger partial charge in [-0.15, -0.1) is 0 Å². The first-order chi connectivity index (χ1) is 14.0. The number of nitriles is 1. The lowest BCUT2D eigenvalue weighted by Crippen LogP contribution is -2.15. The molecule has 0 aliphatic rings. The van der Waals surface area contributed by atoms with Crippen LogP contribution in [0.25, 0.3) is 0 Å². The number of amides is 1. The number of para-hydroxylation sites is 1. The second-order valence-electron chi connectivity index (χ2n) is 6.02. The van der Waals surface area contributed by atoms with Crippen LogP contribution in [-0.4, -0.2) is 29.0 Å². The average molecular weight is 387 g/mol. The fourth-order valence-electron chi connectivity index (χ4n) is 2.55. The Morgan fingerprint density at radius 1 is 1.07 bits per heavy atom. The minimum absolute atomic E-state index is 0.159. The highest BCUT2D eigenvalue weighted by Gasteiger charge is 2.13. The minimum atomic E-state index is -0.456. The van der Waals surface area contributed by atoms with Crippen molar-refractivity contribution in [2.24, 2.45) is 0 Å². The highest BCUT2D eigenvalue weighted by Crippen LogP contribution is 2.19. The fourth-order valence-corrected chi connectivity index (χ4v) is 2.55. The van der Waals surface area contributed by atoms with Crippen molar-refractivity contribution in [1.82, 2.24) is 9.97 Å². The summed E-state index contributed by atoms with van der Waals surface area (Å²) in [5.74, 6) is -0.681. The number of methoxy groups -OCH3 is 1. The maximum absolute atomic E-state index is 12.6. The molecular formula is C21H17N5O3. The zero-order chi connectivity index (χ0) is 20.8. The number of hydrogen-bond acceptors (Lipinski definition) is 7. The van der Waals surface area contributed by atoms with E-state index in [0.717, 1.165) is 0 Å². The van der Waals surface area contributed by atoms with Crippen LogP contribution in [0.5, 0.6) is 0 Å². The number of hydrogen-bond donors (Lipinski definition) is 2. The molecule has 0 aliphatic carbocycles. The van der Waals surface area contributed by atoms with Gasteiger partial charge in [0, 0.05) is 11.4 Å². The maximum Gasteiger partial charge on any atom is 0.337 e. The van der Waals surface area contributed by atoms with Gasteiger partial charge in [-0.25, -0.2) is 14.8 Å². The molecule has 3 aromatic rings. The summed E-state index contributed by atoms with van der Waals surface area (Å²) in [6, 6.07) is 16.9. The second-order valence-corrected chi connectivity index (χ2v) is 6.02. The van der Waals surface area contributed by atoms with E-state index in [-0.39, 0.29) is 11.6 Å². The number of nitrogens with zero attached hydrogens (tertiary/aromatic N) is 3. The number of aromatic nitrogens is 2. The summed E-state index contributed by atoms with van der Waals surface area (Å²) >= 11 is 0. The van der Waals surface area contributed by atoms with E-state index >= 15 is 0 Å². The molecule has 0 aliphatic heterocycles. The lowest BCUT2D eigenvalue weighted by atomic mass is 10.2. The van der Waals surface area contributed by atoms with Gasteiger partial charge in [-0.2, -0.15) is 5.26 Å². The molecule has 0 bridgehead atoms. The van der Waals surface area contributed by atoms with E-state index in [9.17, 15) is 14.9 Å². The van der Waals surface area contributed by atoms with Crippen molar-refractivity contribution in [3.05, 3.63) is 77.1 Å². The highest BCUT2D eigenvalue weighted by molar-refractivity contribution is 6.03. The first-order valence-corrected chi connectivity index (χ1v) is 8.61. The van der Waals surface area contributed by atoms with E-state index in [0.29, 0.717) is 28.2 Å². The van der Waals surface area contributed by atoms with Gasteiger partial charge in [-0.05, 0) is 49.4 Å². The number of carbonyl (C=O) groups is 2. The summed E-state index contributed by atoms with van der Waals surface area (Å²) in [4.78, 5) is 32.6. The quantitative estimate of drug-likeness (QED) is 0.644. The first-order valence-electron chi connectivity index (χ1n) is 8.61. The molecule has 8 heteroatoms. The van der Waals surface area contributed by atoms with Gasteiger partial charge < -0.3 is 15.4 Å². The summed E-state index contributed by atoms with van der Waals surface area (Å²) in [5.41, 5.74) is 2.61. The SMILES string of the molecule is COC(=O)c1ccc(NC(=O)c2cc(C)nc(Nc3ccccc3C#N)n2)cc1. The molecule has 0 fully saturated rings. The summed E-state index contributed by atoms with van der Waals surface area (Å²) < 4.78 is 4.65. The first kappa shape index (κ1) is 19.5. The summed E-state index contributed by atoms with van der Waals surface area (Å²) in [6.45, 7) is 1.74. The molecule has 1 amide bonds. The van der Waals surface area contributed by atoms with E-state index in [4.69, 9.17) is 0 Å². The number of esters is 1. The Morgan fingerprint density at radius 3 is 2.48 bits per heavy atom. The van der Waals surface area contributed by atoms with Crippen LogP contribution in [-0.2, 0) is 4.74 Å². The molecule has 0 spiro atoms. The van der Waals surface area contributed by atoms with Gasteiger partial charge in [0.2, 0.25) is 5.95 Å². The highest BCUT2D eigenvalue weighted by atomic mass is 16.5. The number of benzene rings is 2. The number of nitrogens with one attached hydrogen (secondary N) is 2. The van der Waals surface area contributed by atoms with Crippen LogP contribution in [0.15, 0.2) is 54.6 Å². The number of ether oxygens (including phenoxy) is 1. The Bertz CT molecular complexity index is 1100. The van der Waals surface area contributed by atoms with Gasteiger partial charge in [-0.3, -0.25) is 4.79 Å². The molecule has 0 atom stereocenters. The zero-order valence-electron chi connectivity index (χ0n) is 15.8. The van der Waals surface area contributed by atoms with Gasteiger partial charge in [0.1, 0.15) is 11.8 Å². The summed E-state index contributed by atoms with van der Waals surface area (Å²) in [5, 5.41) is 14.9. The van der Waals surface area contributed by atoms with E-state index in [1.807, 2.05) is 0 Å². The molecule has 0 saturated carbocycles. The second kappa shape index (κ2) is 8.63. The Labute approximate surface area is 167 Å². The van der Waals surface area contributed by atoms with Gasteiger partial charge in [-0.1, -0.05) is 12.1 Å². The third-order valence-corrected chi connectivity index (χ3v) is 3.94. The largest absolute Gasteiger partial charge is 0.465 e. The monoisotopic (exact) mass is 387 g/mol. The van der Waals surface area contributed by atoms with Crippen LogP contribution >= 0.6 is 0 Å². The smallest absolute Gasteiger partial charge is 0.337 e. The summed E-state index contributed by atoms with van der Waals surface area (Å²) in [7, 11) is 1.30. The Kier molecular flexibility index (Phi) is 5.80. The molecular weight excluding hydrogens is 370 g/mol. The Hall–Kier alpha value is -4.25. The van der Waals surface area contributed by atoms with Gasteiger partial charge >= 0.3 is 5.97 Å². The topological polar surface area (TPSA) is 117 Å². The normalized spacial score (nSPS) is 9.97. The molecule has 0 saturated heterocycles. The molecule has 144 valence electrons. The van der Waals surface area contributed by atoms with Crippen LogP contribution in [0.3, 0.4) is 0 Å². The van der Waals surface area contributed by atoms with Crippen molar-refractivity contribution in [1.29, 1.82) is 5.26 Å². The maximum atomic E-state index is 12.6. The number of aryl methyl sites for hydroxylation is 1. The average Bonchev–Trinajstić information content (AvgIpc) is 2.73. The molecule has 2 aromatic carbocycles. The molecule has 0 unspecified atom stereocenters. The summed E-state index contributed by atoms with van der Waals surface area (Å²) in [6.07, 6.45) is 0. The number of carbonyl (C=O) groups excluding carboxylic acids is 2. The van der Waals surface area contributed by atoms with E-state index in [2.05, 4.69) is 31.4 Å². The van der Waals surface area contributed by atoms with E-state index in [1.54, 1.807) is 61.5 Å². The minimum Gasteiger partial charge on any atom is -0.465 e. The zero-order valence-corrected chi connectivity index (χ0v) is 15.8. The predicted molar refractivity (Wildman–Crippen MR) is 107 cm³/mol. The van der Waals surface area contributed by atoms with Crippen molar-refractivity contribution >= 4 is 29.2 Å². The molecule has 2 N–H and O–H groups in total. The third kappa shape index (κ3) is 4.73. The van der Waals surface area contributed by atoms with Crippen LogP contribution in [0.1, 0.15) is 32.1 Å². The van der Waals surface area contributed by atoms with Crippen LogP contribution in [0.4, 0.5) is 17.3 Å². The van der Waals surface area contributed by atoms with Crippen LogP contribution < -0.4 is 10.6 Å². The van der Waals surface area contributed by atoms with Crippen LogP contribution in [0.2, 0.25) is 0 Å². The number of rotatable bonds is 5. The van der Waals surface area contributed by atoms with Gasteiger partial charge in [0.25, 0.3) is 5.91 Å². The third-order valence-electron chi connectivity index (χ3n) is 3.94. The van der Waals surface area contributed by atoms with Crippen molar-refractivity contribution in [3.63, 3.8) is 0 Å². The van der Waals surface area contributed by atoms with E-state index in [1.165, 1.54) is 7.11 Å². The van der Waals surface area contributed by atoms with Crippen molar-refractivity contribution in [2.75, 3.05) is 17.7 Å².